The van der Waals surface area contributed by atoms with Gasteiger partial charge in [0.2, 0.25) is 0 Å². The second kappa shape index (κ2) is 5.41. The molecule has 1 aliphatic heterocycles. The van der Waals surface area contributed by atoms with E-state index >= 15 is 0 Å². The monoisotopic (exact) mass is 251 g/mol. The van der Waals surface area contributed by atoms with Crippen LogP contribution >= 0.6 is 0 Å². The van der Waals surface area contributed by atoms with E-state index in [0.717, 1.165) is 25.2 Å². The Labute approximate surface area is 110 Å². The predicted octanol–water partition coefficient (Wildman–Crippen LogP) is 2.11. The standard InChI is InChI=1S/C14H25N3O/c1-4-14(2,17-9-6-5-7-10-17)13(18)12-8-11-16(3)15-12/h8,11,13,18H,4-7,9-10H2,1-3H3. The molecule has 0 saturated carbocycles. The average Bonchev–Trinajstić information content (AvgIpc) is 2.84. The quantitative estimate of drug-likeness (QED) is 0.891. The Bertz CT molecular complexity index is 384. The van der Waals surface area contributed by atoms with Gasteiger partial charge in [0.1, 0.15) is 6.10 Å². The van der Waals surface area contributed by atoms with Crippen LogP contribution in [0, 0.1) is 0 Å². The van der Waals surface area contributed by atoms with E-state index in [0.29, 0.717) is 0 Å². The maximum atomic E-state index is 10.7. The van der Waals surface area contributed by atoms with E-state index in [1.54, 1.807) is 4.68 Å². The summed E-state index contributed by atoms with van der Waals surface area (Å²) in [6, 6.07) is 1.92. The minimum absolute atomic E-state index is 0.200. The molecule has 1 aliphatic rings. The van der Waals surface area contributed by atoms with Crippen molar-refractivity contribution in [2.75, 3.05) is 13.1 Å². The summed E-state index contributed by atoms with van der Waals surface area (Å²) in [4.78, 5) is 2.44. The average molecular weight is 251 g/mol. The molecular weight excluding hydrogens is 226 g/mol. The molecule has 2 unspecified atom stereocenters. The molecule has 1 fully saturated rings. The molecule has 102 valence electrons. The molecule has 0 bridgehead atoms. The molecule has 1 aromatic heterocycles. The van der Waals surface area contributed by atoms with E-state index in [2.05, 4.69) is 23.8 Å². The number of likely N-dealkylation sites (tertiary alicyclic amines) is 1. The van der Waals surface area contributed by atoms with Crippen molar-refractivity contribution in [2.45, 2.75) is 51.2 Å². The zero-order chi connectivity index (χ0) is 13.2. The summed E-state index contributed by atoms with van der Waals surface area (Å²) in [5.41, 5.74) is 0.585. The molecule has 2 atom stereocenters. The highest BCUT2D eigenvalue weighted by molar-refractivity contribution is 5.10. The maximum Gasteiger partial charge on any atom is 0.116 e. The summed E-state index contributed by atoms with van der Waals surface area (Å²) in [5.74, 6) is 0. The van der Waals surface area contributed by atoms with E-state index in [1.807, 2.05) is 19.3 Å². The number of piperidine rings is 1. The van der Waals surface area contributed by atoms with Crippen LogP contribution in [0.1, 0.15) is 51.3 Å². The summed E-state index contributed by atoms with van der Waals surface area (Å²) in [6.45, 7) is 6.50. The molecule has 4 nitrogen and oxygen atoms in total. The van der Waals surface area contributed by atoms with Gasteiger partial charge in [0.15, 0.2) is 0 Å². The van der Waals surface area contributed by atoms with Crippen LogP contribution in [0.2, 0.25) is 0 Å². The molecule has 0 aliphatic carbocycles. The van der Waals surface area contributed by atoms with Crippen LogP contribution < -0.4 is 0 Å². The van der Waals surface area contributed by atoms with E-state index in [-0.39, 0.29) is 5.54 Å². The fourth-order valence-electron chi connectivity index (χ4n) is 2.89. The van der Waals surface area contributed by atoms with Crippen molar-refractivity contribution in [3.63, 3.8) is 0 Å². The molecular formula is C14H25N3O. The lowest BCUT2D eigenvalue weighted by Gasteiger charge is -2.45. The minimum atomic E-state index is -0.512. The van der Waals surface area contributed by atoms with E-state index < -0.39 is 6.10 Å². The molecule has 1 saturated heterocycles. The summed E-state index contributed by atoms with van der Waals surface area (Å²) < 4.78 is 1.75. The Morgan fingerprint density at radius 1 is 1.39 bits per heavy atom. The van der Waals surface area contributed by atoms with Gasteiger partial charge in [-0.2, -0.15) is 5.10 Å². The molecule has 0 radical (unpaired) electrons. The van der Waals surface area contributed by atoms with Gasteiger partial charge in [-0.05, 0) is 45.3 Å². The third kappa shape index (κ3) is 2.45. The van der Waals surface area contributed by atoms with Crippen LogP contribution in [0.4, 0.5) is 0 Å². The number of hydrogen-bond acceptors (Lipinski definition) is 3. The van der Waals surface area contributed by atoms with Gasteiger partial charge in [0.25, 0.3) is 0 Å². The number of aryl methyl sites for hydroxylation is 1. The highest BCUT2D eigenvalue weighted by Gasteiger charge is 2.39. The molecule has 4 heteroatoms. The summed E-state index contributed by atoms with van der Waals surface area (Å²) >= 11 is 0. The van der Waals surface area contributed by atoms with Gasteiger partial charge in [-0.15, -0.1) is 0 Å². The number of aliphatic hydroxyl groups is 1. The topological polar surface area (TPSA) is 41.3 Å². The molecule has 2 heterocycles. The van der Waals surface area contributed by atoms with Gasteiger partial charge in [-0.1, -0.05) is 13.3 Å². The molecule has 2 rings (SSSR count). The molecule has 0 spiro atoms. The number of nitrogens with zero attached hydrogens (tertiary/aromatic N) is 3. The minimum Gasteiger partial charge on any atom is -0.385 e. The third-order valence-electron chi connectivity index (χ3n) is 4.40. The van der Waals surface area contributed by atoms with Crippen LogP contribution in [0.3, 0.4) is 0 Å². The predicted molar refractivity (Wildman–Crippen MR) is 72.3 cm³/mol. The molecule has 18 heavy (non-hydrogen) atoms. The van der Waals surface area contributed by atoms with Gasteiger partial charge in [0.05, 0.1) is 5.69 Å². The van der Waals surface area contributed by atoms with Crippen molar-refractivity contribution >= 4 is 0 Å². The van der Waals surface area contributed by atoms with E-state index in [4.69, 9.17) is 0 Å². The van der Waals surface area contributed by atoms with Crippen molar-refractivity contribution in [2.24, 2.45) is 7.05 Å². The molecule has 0 aromatic carbocycles. The number of hydrogen-bond donors (Lipinski definition) is 1. The van der Waals surface area contributed by atoms with Crippen LogP contribution in [0.25, 0.3) is 0 Å². The van der Waals surface area contributed by atoms with Crippen molar-refractivity contribution in [1.29, 1.82) is 0 Å². The lowest BCUT2D eigenvalue weighted by Crippen LogP contribution is -2.52. The Morgan fingerprint density at radius 2 is 2.06 bits per heavy atom. The third-order valence-corrected chi connectivity index (χ3v) is 4.40. The van der Waals surface area contributed by atoms with Crippen molar-refractivity contribution in [1.82, 2.24) is 14.7 Å². The zero-order valence-electron chi connectivity index (χ0n) is 11.8. The second-order valence-electron chi connectivity index (χ2n) is 5.58. The summed E-state index contributed by atoms with van der Waals surface area (Å²) in [6.07, 6.45) is 6.11. The van der Waals surface area contributed by atoms with Gasteiger partial charge < -0.3 is 5.11 Å². The summed E-state index contributed by atoms with van der Waals surface area (Å²) in [7, 11) is 1.89. The van der Waals surface area contributed by atoms with Crippen molar-refractivity contribution in [3.05, 3.63) is 18.0 Å². The largest absolute Gasteiger partial charge is 0.385 e. The molecule has 1 aromatic rings. The molecule has 1 N–H and O–H groups in total. The van der Waals surface area contributed by atoms with Gasteiger partial charge in [0, 0.05) is 18.8 Å². The lowest BCUT2D eigenvalue weighted by atomic mass is 9.86. The fraction of sp³-hybridized carbons (Fsp3) is 0.786. The van der Waals surface area contributed by atoms with Crippen LogP contribution in [-0.4, -0.2) is 38.4 Å². The first-order chi connectivity index (χ1) is 8.58. The van der Waals surface area contributed by atoms with Crippen molar-refractivity contribution in [3.8, 4) is 0 Å². The second-order valence-corrected chi connectivity index (χ2v) is 5.58. The highest BCUT2D eigenvalue weighted by atomic mass is 16.3. The van der Waals surface area contributed by atoms with Gasteiger partial charge in [-0.25, -0.2) is 0 Å². The van der Waals surface area contributed by atoms with Crippen LogP contribution in [0.15, 0.2) is 12.3 Å². The normalized spacial score (nSPS) is 22.7. The Balaban J connectivity index is 2.19. The van der Waals surface area contributed by atoms with E-state index in [1.165, 1.54) is 19.3 Å². The first-order valence-corrected chi connectivity index (χ1v) is 7.00. The Hall–Kier alpha value is -0.870. The van der Waals surface area contributed by atoms with Crippen LogP contribution in [0.5, 0.6) is 0 Å². The van der Waals surface area contributed by atoms with Crippen LogP contribution in [-0.2, 0) is 7.05 Å². The van der Waals surface area contributed by atoms with Gasteiger partial charge >= 0.3 is 0 Å². The fourth-order valence-corrected chi connectivity index (χ4v) is 2.89. The highest BCUT2D eigenvalue weighted by Crippen LogP contribution is 2.35. The smallest absolute Gasteiger partial charge is 0.116 e. The Morgan fingerprint density at radius 3 is 2.56 bits per heavy atom. The molecule has 0 amide bonds. The zero-order valence-corrected chi connectivity index (χ0v) is 11.8. The van der Waals surface area contributed by atoms with Gasteiger partial charge in [-0.3, -0.25) is 9.58 Å². The lowest BCUT2D eigenvalue weighted by molar-refractivity contribution is -0.0374. The Kier molecular flexibility index (Phi) is 4.07. The SMILES string of the molecule is CCC(C)(C(O)c1ccn(C)n1)N1CCCCC1. The van der Waals surface area contributed by atoms with E-state index in [9.17, 15) is 5.11 Å². The first-order valence-electron chi connectivity index (χ1n) is 7.00. The number of aromatic nitrogens is 2. The van der Waals surface area contributed by atoms with Crippen molar-refractivity contribution < 1.29 is 5.11 Å². The maximum absolute atomic E-state index is 10.7. The number of rotatable bonds is 4. The summed E-state index contributed by atoms with van der Waals surface area (Å²) in [5, 5.41) is 15.0. The first kappa shape index (κ1) is 13.6. The number of aliphatic hydroxyl groups excluding tert-OH is 1.